The van der Waals surface area contributed by atoms with Crippen LogP contribution in [0.15, 0.2) is 48.5 Å². The minimum Gasteiger partial charge on any atom is -0.284 e. The van der Waals surface area contributed by atoms with Gasteiger partial charge in [-0.1, -0.05) is 24.3 Å². The lowest BCUT2D eigenvalue weighted by molar-refractivity contribution is 0.0285. The van der Waals surface area contributed by atoms with Gasteiger partial charge in [0, 0.05) is 13.1 Å². The van der Waals surface area contributed by atoms with E-state index >= 15 is 0 Å². The lowest BCUT2D eigenvalue weighted by Gasteiger charge is -2.25. The van der Waals surface area contributed by atoms with Gasteiger partial charge in [0.25, 0.3) is 0 Å². The highest BCUT2D eigenvalue weighted by molar-refractivity contribution is 7.99. The maximum atomic E-state index is 8.97. The SMILES string of the molecule is ON(O)c1ccc(CCCN(CCCc2ccc(N(O)O)cc2)C(S)S)cc1. The third kappa shape index (κ3) is 7.51. The zero-order valence-corrected chi connectivity index (χ0v) is 17.3. The molecule has 2 aromatic rings. The predicted molar refractivity (Wildman–Crippen MR) is 115 cm³/mol. The Bertz CT molecular complexity index is 640. The summed E-state index contributed by atoms with van der Waals surface area (Å²) in [6, 6.07) is 14.1. The highest BCUT2D eigenvalue weighted by Crippen LogP contribution is 2.17. The molecule has 28 heavy (non-hydrogen) atoms. The molecule has 4 N–H and O–H groups in total. The highest BCUT2D eigenvalue weighted by Gasteiger charge is 2.11. The fourth-order valence-corrected chi connectivity index (χ4v) is 3.37. The summed E-state index contributed by atoms with van der Waals surface area (Å²) in [4.78, 5) is 2.20. The molecule has 0 aliphatic carbocycles. The Morgan fingerprint density at radius 2 is 1.00 bits per heavy atom. The number of hydrogen-bond acceptors (Lipinski definition) is 9. The lowest BCUT2D eigenvalue weighted by Crippen LogP contribution is -2.30. The summed E-state index contributed by atoms with van der Waals surface area (Å²) >= 11 is 8.91. The van der Waals surface area contributed by atoms with E-state index in [1.807, 2.05) is 24.3 Å². The number of hydrogen-bond donors (Lipinski definition) is 6. The summed E-state index contributed by atoms with van der Waals surface area (Å²) in [6.07, 6.45) is 3.64. The van der Waals surface area contributed by atoms with E-state index in [1.165, 1.54) is 0 Å². The van der Waals surface area contributed by atoms with Crippen LogP contribution in [0.5, 0.6) is 0 Å². The number of benzene rings is 2. The Morgan fingerprint density at radius 3 is 1.29 bits per heavy atom. The van der Waals surface area contributed by atoms with Crippen molar-refractivity contribution in [1.82, 2.24) is 4.90 Å². The molecule has 0 radical (unpaired) electrons. The summed E-state index contributed by atoms with van der Waals surface area (Å²) in [6.45, 7) is 1.71. The standard InChI is InChI=1S/C19H27N3O4S2/c23-21(24)17-9-5-15(6-10-17)3-1-13-20(19(27)28)14-2-4-16-7-11-18(12-8-16)22(25)26/h5-12,19,23-28H,1-4,13-14H2. The molecule has 0 atom stereocenters. The van der Waals surface area contributed by atoms with Gasteiger partial charge in [0.15, 0.2) is 0 Å². The molecule has 154 valence electrons. The smallest absolute Gasteiger partial charge is 0.0969 e. The van der Waals surface area contributed by atoms with Crippen molar-refractivity contribution >= 4 is 36.6 Å². The van der Waals surface area contributed by atoms with Gasteiger partial charge in [-0.3, -0.25) is 25.7 Å². The van der Waals surface area contributed by atoms with Crippen LogP contribution >= 0.6 is 25.3 Å². The van der Waals surface area contributed by atoms with Crippen molar-refractivity contribution < 1.29 is 20.8 Å². The van der Waals surface area contributed by atoms with E-state index < -0.39 is 0 Å². The fourth-order valence-electron chi connectivity index (χ4n) is 2.91. The second kappa shape index (κ2) is 11.5. The third-order valence-electron chi connectivity index (χ3n) is 4.48. The third-order valence-corrected chi connectivity index (χ3v) is 5.14. The number of rotatable bonds is 11. The van der Waals surface area contributed by atoms with E-state index in [-0.39, 0.29) is 15.2 Å². The monoisotopic (exact) mass is 425 g/mol. The van der Waals surface area contributed by atoms with Crippen molar-refractivity contribution in [2.75, 3.05) is 23.5 Å². The molecule has 0 aromatic heterocycles. The number of thiol groups is 2. The average molecular weight is 426 g/mol. The van der Waals surface area contributed by atoms with Crippen molar-refractivity contribution in [3.63, 3.8) is 0 Å². The molecule has 2 rings (SSSR count). The van der Waals surface area contributed by atoms with Gasteiger partial charge in [0.1, 0.15) is 0 Å². The van der Waals surface area contributed by atoms with E-state index in [1.54, 1.807) is 24.3 Å². The minimum absolute atomic E-state index is 0.106. The van der Waals surface area contributed by atoms with Crippen LogP contribution in [0.25, 0.3) is 0 Å². The van der Waals surface area contributed by atoms with E-state index in [0.29, 0.717) is 11.4 Å². The molecular formula is C19H27N3O4S2. The largest absolute Gasteiger partial charge is 0.284 e. The van der Waals surface area contributed by atoms with Gasteiger partial charge >= 0.3 is 0 Å². The Balaban J connectivity index is 1.75. The van der Waals surface area contributed by atoms with Crippen molar-refractivity contribution in [2.45, 2.75) is 30.4 Å². The van der Waals surface area contributed by atoms with Gasteiger partial charge in [-0.15, -0.1) is 35.7 Å². The number of anilines is 2. The van der Waals surface area contributed by atoms with Gasteiger partial charge in [0.2, 0.25) is 0 Å². The summed E-state index contributed by atoms with van der Waals surface area (Å²) in [7, 11) is 0. The van der Waals surface area contributed by atoms with Gasteiger partial charge in [-0.25, -0.2) is 0 Å². The minimum atomic E-state index is -0.139. The molecule has 0 heterocycles. The highest BCUT2D eigenvalue weighted by atomic mass is 32.2. The zero-order valence-electron chi connectivity index (χ0n) is 15.5. The first kappa shape index (κ1) is 22.8. The van der Waals surface area contributed by atoms with Gasteiger partial charge < -0.3 is 0 Å². The molecule has 0 amide bonds. The molecule has 0 aliphatic rings. The molecule has 0 saturated carbocycles. The Labute approximate surface area is 176 Å². The summed E-state index contributed by atoms with van der Waals surface area (Å²) in [5.41, 5.74) is 2.91. The molecule has 0 bridgehead atoms. The topological polar surface area (TPSA) is 90.6 Å². The van der Waals surface area contributed by atoms with Crippen molar-refractivity contribution in [3.8, 4) is 0 Å². The van der Waals surface area contributed by atoms with E-state index in [9.17, 15) is 0 Å². The zero-order chi connectivity index (χ0) is 20.5. The first-order valence-electron chi connectivity index (χ1n) is 9.00. The average Bonchev–Trinajstić information content (AvgIpc) is 2.67. The molecule has 9 heteroatoms. The van der Waals surface area contributed by atoms with Crippen LogP contribution in [0.3, 0.4) is 0 Å². The quantitative estimate of drug-likeness (QED) is 0.185. The van der Waals surface area contributed by atoms with Crippen LogP contribution in [-0.2, 0) is 12.8 Å². The second-order valence-electron chi connectivity index (χ2n) is 6.50. The maximum Gasteiger partial charge on any atom is 0.0969 e. The van der Waals surface area contributed by atoms with E-state index in [0.717, 1.165) is 49.9 Å². The van der Waals surface area contributed by atoms with Crippen LogP contribution in [0.1, 0.15) is 24.0 Å². The van der Waals surface area contributed by atoms with Crippen LogP contribution in [0.4, 0.5) is 11.4 Å². The summed E-state index contributed by atoms with van der Waals surface area (Å²) < 4.78 is -0.139. The lowest BCUT2D eigenvalue weighted by atomic mass is 10.1. The Kier molecular flexibility index (Phi) is 9.39. The van der Waals surface area contributed by atoms with E-state index in [2.05, 4.69) is 30.2 Å². The molecule has 0 unspecified atom stereocenters. The predicted octanol–water partition coefficient (Wildman–Crippen LogP) is 3.87. The molecule has 0 fully saturated rings. The van der Waals surface area contributed by atoms with Crippen molar-refractivity contribution in [2.24, 2.45) is 0 Å². The molecular weight excluding hydrogens is 398 g/mol. The van der Waals surface area contributed by atoms with Gasteiger partial charge in [0.05, 0.1) is 16.1 Å². The van der Waals surface area contributed by atoms with E-state index in [4.69, 9.17) is 20.8 Å². The fraction of sp³-hybridized carbons (Fsp3) is 0.368. The van der Waals surface area contributed by atoms with Crippen molar-refractivity contribution in [1.29, 1.82) is 0 Å². The Hall–Kier alpha value is -1.46. The van der Waals surface area contributed by atoms with Crippen LogP contribution in [0.2, 0.25) is 0 Å². The molecule has 0 saturated heterocycles. The molecule has 7 nitrogen and oxygen atoms in total. The molecule has 2 aromatic carbocycles. The normalized spacial score (nSPS) is 11.3. The number of aryl methyl sites for hydroxylation is 2. The van der Waals surface area contributed by atoms with Crippen LogP contribution in [0, 0.1) is 0 Å². The molecule has 0 spiro atoms. The number of nitrogens with zero attached hydrogens (tertiary/aromatic N) is 3. The van der Waals surface area contributed by atoms with Crippen LogP contribution < -0.4 is 10.5 Å². The van der Waals surface area contributed by atoms with Crippen molar-refractivity contribution in [3.05, 3.63) is 59.7 Å². The van der Waals surface area contributed by atoms with Gasteiger partial charge in [-0.2, -0.15) is 0 Å². The summed E-state index contributed by atoms with van der Waals surface area (Å²) in [5.74, 6) is 0. The second-order valence-corrected chi connectivity index (χ2v) is 7.89. The maximum absolute atomic E-state index is 8.97. The summed E-state index contributed by atoms with van der Waals surface area (Å²) in [5, 5.41) is 36.1. The van der Waals surface area contributed by atoms with Crippen LogP contribution in [-0.4, -0.2) is 43.5 Å². The first-order valence-corrected chi connectivity index (χ1v) is 10.0. The molecule has 0 aliphatic heterocycles. The Morgan fingerprint density at radius 1 is 0.643 bits per heavy atom. The first-order chi connectivity index (χ1) is 13.4. The van der Waals surface area contributed by atoms with Gasteiger partial charge in [-0.05, 0) is 61.1 Å².